The number of carbonyl (C=O) groups excluding carboxylic acids is 1. The molecule has 2 rings (SSSR count). The van der Waals surface area contributed by atoms with Gasteiger partial charge in [0.15, 0.2) is 9.84 Å². The standard InChI is InChI=1S/C24H28F3N3O4S/c1-15(2)13-19(23(29)31)30(12-11-28)22(24(25,26)27)17-7-5-16(6-8-17)18-9-10-20(34-3)21(14-18)35(4,32)33/h5-10,14-15,19,22H,12-13H2,1-4H3,(H2,29,31)/t19-,22-/m0/s1. The molecule has 7 nitrogen and oxygen atoms in total. The van der Waals surface area contributed by atoms with Crippen molar-refractivity contribution in [2.45, 2.75) is 43.4 Å². The van der Waals surface area contributed by atoms with Gasteiger partial charge in [0.2, 0.25) is 5.91 Å². The lowest BCUT2D eigenvalue weighted by molar-refractivity contribution is -0.192. The van der Waals surface area contributed by atoms with Gasteiger partial charge < -0.3 is 10.5 Å². The Morgan fingerprint density at radius 3 is 2.14 bits per heavy atom. The first-order chi connectivity index (χ1) is 16.2. The van der Waals surface area contributed by atoms with Crippen LogP contribution in [0.5, 0.6) is 5.75 Å². The summed E-state index contributed by atoms with van der Waals surface area (Å²) in [5.41, 5.74) is 6.19. The molecule has 11 heteroatoms. The normalized spacial score (nSPS) is 13.9. The number of carbonyl (C=O) groups is 1. The molecule has 35 heavy (non-hydrogen) atoms. The zero-order chi connectivity index (χ0) is 26.6. The Morgan fingerprint density at radius 1 is 1.14 bits per heavy atom. The van der Waals surface area contributed by atoms with Crippen LogP contribution in [0.2, 0.25) is 0 Å². The molecule has 0 unspecified atom stereocenters. The molecule has 2 aromatic carbocycles. The first-order valence-corrected chi connectivity index (χ1v) is 12.6. The molecule has 0 heterocycles. The maximum absolute atomic E-state index is 14.2. The van der Waals surface area contributed by atoms with Gasteiger partial charge in [0.05, 0.1) is 25.8 Å². The van der Waals surface area contributed by atoms with Crippen molar-refractivity contribution in [3.05, 3.63) is 48.0 Å². The predicted molar refractivity (Wildman–Crippen MR) is 125 cm³/mol. The third kappa shape index (κ3) is 6.96. The molecule has 0 radical (unpaired) electrons. The van der Waals surface area contributed by atoms with Crippen molar-refractivity contribution in [2.24, 2.45) is 11.7 Å². The highest BCUT2D eigenvalue weighted by molar-refractivity contribution is 7.90. The second-order valence-corrected chi connectivity index (χ2v) is 10.6. The molecule has 190 valence electrons. The van der Waals surface area contributed by atoms with Gasteiger partial charge >= 0.3 is 6.18 Å². The molecule has 0 spiro atoms. The van der Waals surface area contributed by atoms with Crippen LogP contribution in [0.15, 0.2) is 47.4 Å². The van der Waals surface area contributed by atoms with Gasteiger partial charge in [0.1, 0.15) is 16.7 Å². The summed E-state index contributed by atoms with van der Waals surface area (Å²) in [7, 11) is -2.28. The zero-order valence-corrected chi connectivity index (χ0v) is 20.7. The largest absolute Gasteiger partial charge is 0.495 e. The lowest BCUT2D eigenvalue weighted by atomic mass is 9.95. The van der Waals surface area contributed by atoms with Gasteiger partial charge in [0.25, 0.3) is 0 Å². The summed E-state index contributed by atoms with van der Waals surface area (Å²) < 4.78 is 72.1. The van der Waals surface area contributed by atoms with Gasteiger partial charge in [0, 0.05) is 6.26 Å². The number of alkyl halides is 3. The van der Waals surface area contributed by atoms with Crippen molar-refractivity contribution in [1.82, 2.24) is 4.90 Å². The molecule has 2 aromatic rings. The summed E-state index contributed by atoms with van der Waals surface area (Å²) >= 11 is 0. The fourth-order valence-electron chi connectivity index (χ4n) is 3.90. The van der Waals surface area contributed by atoms with E-state index in [9.17, 15) is 31.6 Å². The Balaban J connectivity index is 2.56. The summed E-state index contributed by atoms with van der Waals surface area (Å²) in [5.74, 6) is -0.921. The number of methoxy groups -OCH3 is 1. The van der Waals surface area contributed by atoms with E-state index in [4.69, 9.17) is 10.5 Å². The Hall–Kier alpha value is -3.10. The number of nitriles is 1. The fraction of sp³-hybridized carbons (Fsp3) is 0.417. The van der Waals surface area contributed by atoms with Crippen molar-refractivity contribution in [2.75, 3.05) is 19.9 Å². The smallest absolute Gasteiger partial charge is 0.408 e. The lowest BCUT2D eigenvalue weighted by Crippen LogP contribution is -2.51. The highest BCUT2D eigenvalue weighted by Gasteiger charge is 2.48. The van der Waals surface area contributed by atoms with Crippen molar-refractivity contribution < 1.29 is 31.1 Å². The fourth-order valence-corrected chi connectivity index (χ4v) is 4.75. The van der Waals surface area contributed by atoms with E-state index < -0.39 is 40.5 Å². The number of hydrogen-bond donors (Lipinski definition) is 1. The van der Waals surface area contributed by atoms with Crippen molar-refractivity contribution in [3.8, 4) is 22.9 Å². The van der Waals surface area contributed by atoms with Gasteiger partial charge in [-0.3, -0.25) is 9.69 Å². The first kappa shape index (κ1) is 28.1. The zero-order valence-electron chi connectivity index (χ0n) is 19.8. The van der Waals surface area contributed by atoms with Crippen LogP contribution in [0.1, 0.15) is 31.9 Å². The summed E-state index contributed by atoms with van der Waals surface area (Å²) in [6.07, 6.45) is -3.71. The number of primary amides is 1. The molecule has 0 aromatic heterocycles. The van der Waals surface area contributed by atoms with E-state index in [2.05, 4.69) is 0 Å². The Bertz CT molecular complexity index is 1190. The van der Waals surface area contributed by atoms with Crippen molar-refractivity contribution in [1.29, 1.82) is 5.26 Å². The highest BCUT2D eigenvalue weighted by atomic mass is 32.2. The predicted octanol–water partition coefficient (Wildman–Crippen LogP) is 4.09. The maximum Gasteiger partial charge on any atom is 0.408 e. The van der Waals surface area contributed by atoms with Crippen LogP contribution >= 0.6 is 0 Å². The summed E-state index contributed by atoms with van der Waals surface area (Å²) in [5, 5.41) is 9.22. The second-order valence-electron chi connectivity index (χ2n) is 8.58. The number of ether oxygens (including phenoxy) is 1. The molecule has 2 N–H and O–H groups in total. The van der Waals surface area contributed by atoms with Crippen molar-refractivity contribution >= 4 is 15.7 Å². The number of benzene rings is 2. The molecule has 0 aliphatic heterocycles. The summed E-state index contributed by atoms with van der Waals surface area (Å²) in [4.78, 5) is 12.8. The van der Waals surface area contributed by atoms with E-state index >= 15 is 0 Å². The third-order valence-electron chi connectivity index (χ3n) is 5.44. The van der Waals surface area contributed by atoms with Crippen LogP contribution in [-0.2, 0) is 14.6 Å². The van der Waals surface area contributed by atoms with E-state index in [0.29, 0.717) is 11.1 Å². The number of nitrogens with zero attached hydrogens (tertiary/aromatic N) is 2. The number of amides is 1. The molecular weight excluding hydrogens is 483 g/mol. The molecule has 0 saturated carbocycles. The minimum Gasteiger partial charge on any atom is -0.495 e. The van der Waals surface area contributed by atoms with Crippen LogP contribution in [-0.4, -0.2) is 51.4 Å². The lowest BCUT2D eigenvalue weighted by Gasteiger charge is -2.37. The SMILES string of the molecule is COc1ccc(-c2ccc([C@H](N(CC#N)[C@@H](CC(C)C)C(N)=O)C(F)(F)F)cc2)cc1S(C)(=O)=O. The summed E-state index contributed by atoms with van der Waals surface area (Å²) in [6, 6.07) is 7.98. The van der Waals surface area contributed by atoms with Gasteiger partial charge in [-0.25, -0.2) is 8.42 Å². The second kappa shape index (κ2) is 11.1. The van der Waals surface area contributed by atoms with E-state index in [1.165, 1.54) is 43.5 Å². The van der Waals surface area contributed by atoms with E-state index in [1.54, 1.807) is 26.0 Å². The topological polar surface area (TPSA) is 113 Å². The molecule has 0 saturated heterocycles. The Labute approximate surface area is 203 Å². The minimum absolute atomic E-state index is 0.0482. The molecule has 0 fully saturated rings. The Morgan fingerprint density at radius 2 is 1.71 bits per heavy atom. The number of hydrogen-bond acceptors (Lipinski definition) is 6. The van der Waals surface area contributed by atoms with Crippen LogP contribution in [0, 0.1) is 17.2 Å². The average molecular weight is 512 g/mol. The molecule has 1 amide bonds. The van der Waals surface area contributed by atoms with Crippen LogP contribution in [0.25, 0.3) is 11.1 Å². The third-order valence-corrected chi connectivity index (χ3v) is 6.56. The monoisotopic (exact) mass is 511 g/mol. The first-order valence-electron chi connectivity index (χ1n) is 10.7. The van der Waals surface area contributed by atoms with E-state index in [1.807, 2.05) is 0 Å². The highest BCUT2D eigenvalue weighted by Crippen LogP contribution is 2.40. The molecule has 0 bridgehead atoms. The van der Waals surface area contributed by atoms with Crippen LogP contribution in [0.4, 0.5) is 13.2 Å². The number of sulfone groups is 1. The summed E-state index contributed by atoms with van der Waals surface area (Å²) in [6.45, 7) is 2.84. The molecule has 2 atom stereocenters. The van der Waals surface area contributed by atoms with E-state index in [0.717, 1.165) is 11.2 Å². The number of halogens is 3. The number of nitrogens with two attached hydrogens (primary N) is 1. The average Bonchev–Trinajstić information content (AvgIpc) is 2.75. The van der Waals surface area contributed by atoms with Crippen LogP contribution < -0.4 is 10.5 Å². The van der Waals surface area contributed by atoms with Crippen LogP contribution in [0.3, 0.4) is 0 Å². The quantitative estimate of drug-likeness (QED) is 0.481. The minimum atomic E-state index is -4.80. The van der Waals surface area contributed by atoms with E-state index in [-0.39, 0.29) is 28.5 Å². The van der Waals surface area contributed by atoms with Gasteiger partial charge in [-0.1, -0.05) is 44.2 Å². The van der Waals surface area contributed by atoms with Gasteiger partial charge in [-0.2, -0.15) is 18.4 Å². The number of rotatable bonds is 10. The molecular formula is C24H28F3N3O4S. The molecule has 0 aliphatic rings. The van der Waals surface area contributed by atoms with Gasteiger partial charge in [-0.05, 0) is 41.2 Å². The Kier molecular flexibility index (Phi) is 8.92. The maximum atomic E-state index is 14.2. The van der Waals surface area contributed by atoms with Crippen molar-refractivity contribution in [3.63, 3.8) is 0 Å². The van der Waals surface area contributed by atoms with Gasteiger partial charge in [-0.15, -0.1) is 0 Å². The molecule has 0 aliphatic carbocycles.